The molecule has 0 aliphatic heterocycles. The van der Waals surface area contributed by atoms with Crippen LogP contribution in [0.1, 0.15) is 39.2 Å². The van der Waals surface area contributed by atoms with Gasteiger partial charge in [-0.1, -0.05) is 44.2 Å². The van der Waals surface area contributed by atoms with Gasteiger partial charge in [-0.05, 0) is 61.7 Å². The van der Waals surface area contributed by atoms with E-state index in [2.05, 4.69) is 5.32 Å². The molecule has 2 amide bonds. The molecule has 3 aromatic rings. The van der Waals surface area contributed by atoms with E-state index in [0.29, 0.717) is 24.3 Å². The van der Waals surface area contributed by atoms with Gasteiger partial charge >= 0.3 is 0 Å². The van der Waals surface area contributed by atoms with Crippen molar-refractivity contribution in [3.05, 3.63) is 78.4 Å². The maximum Gasteiger partial charge on any atom is 0.264 e. The molecule has 0 bridgehead atoms. The molecule has 43 heavy (non-hydrogen) atoms. The molecule has 0 fully saturated rings. The topological polar surface area (TPSA) is 114 Å². The molecular formula is C32H41N3O7S. The molecule has 0 aromatic heterocycles. The molecular weight excluding hydrogens is 570 g/mol. The molecule has 3 rings (SSSR count). The van der Waals surface area contributed by atoms with E-state index >= 15 is 0 Å². The number of benzene rings is 3. The summed E-state index contributed by atoms with van der Waals surface area (Å²) in [6.07, 6.45) is 1.03. The number of anilines is 1. The quantitative estimate of drug-likeness (QED) is 0.267. The Balaban J connectivity index is 2.13. The summed E-state index contributed by atoms with van der Waals surface area (Å²) in [4.78, 5) is 29.2. The van der Waals surface area contributed by atoms with E-state index in [-0.39, 0.29) is 34.8 Å². The molecule has 2 atom stereocenters. The minimum Gasteiger partial charge on any atom is -0.497 e. The predicted octanol–water partition coefficient (Wildman–Crippen LogP) is 4.63. The first-order chi connectivity index (χ1) is 20.6. The van der Waals surface area contributed by atoms with E-state index in [4.69, 9.17) is 14.2 Å². The summed E-state index contributed by atoms with van der Waals surface area (Å²) in [7, 11) is 0.180. The molecule has 0 saturated heterocycles. The molecule has 0 heterocycles. The SMILES string of the molecule is CC[C@H](C(=O)N[C@@H](C)CC)N(Cc1ccc(OC)cc1)C(=O)CN(c1cc(OC)ccc1OC)S(=O)(=O)c1ccccc1. The minimum atomic E-state index is -4.26. The molecule has 3 aromatic carbocycles. The highest BCUT2D eigenvalue weighted by Gasteiger charge is 2.35. The van der Waals surface area contributed by atoms with Crippen LogP contribution >= 0.6 is 0 Å². The normalized spacial score (nSPS) is 12.5. The number of ether oxygens (including phenoxy) is 3. The van der Waals surface area contributed by atoms with Crippen LogP contribution in [0.5, 0.6) is 17.2 Å². The van der Waals surface area contributed by atoms with Gasteiger partial charge in [0.15, 0.2) is 0 Å². The zero-order chi connectivity index (χ0) is 31.6. The lowest BCUT2D eigenvalue weighted by Gasteiger charge is -2.34. The molecule has 11 heteroatoms. The molecule has 10 nitrogen and oxygen atoms in total. The van der Waals surface area contributed by atoms with Crippen molar-refractivity contribution in [2.24, 2.45) is 0 Å². The Kier molecular flexibility index (Phi) is 11.8. The summed E-state index contributed by atoms with van der Waals surface area (Å²) >= 11 is 0. The van der Waals surface area contributed by atoms with Crippen LogP contribution in [0, 0.1) is 0 Å². The molecule has 0 unspecified atom stereocenters. The van der Waals surface area contributed by atoms with Gasteiger partial charge in [-0.3, -0.25) is 13.9 Å². The fraction of sp³-hybridized carbons (Fsp3) is 0.375. The lowest BCUT2D eigenvalue weighted by Crippen LogP contribution is -2.53. The van der Waals surface area contributed by atoms with Gasteiger partial charge in [-0.25, -0.2) is 8.42 Å². The fourth-order valence-corrected chi connectivity index (χ4v) is 5.95. The number of methoxy groups -OCH3 is 3. The Morgan fingerprint density at radius 1 is 0.837 bits per heavy atom. The first-order valence-corrected chi connectivity index (χ1v) is 15.6. The van der Waals surface area contributed by atoms with Crippen LogP contribution < -0.4 is 23.8 Å². The van der Waals surface area contributed by atoms with Gasteiger partial charge in [0.25, 0.3) is 10.0 Å². The highest BCUT2D eigenvalue weighted by atomic mass is 32.2. The smallest absolute Gasteiger partial charge is 0.264 e. The number of amides is 2. The fourth-order valence-electron chi connectivity index (χ4n) is 4.51. The first-order valence-electron chi connectivity index (χ1n) is 14.1. The van der Waals surface area contributed by atoms with Crippen molar-refractivity contribution < 1.29 is 32.2 Å². The third-order valence-electron chi connectivity index (χ3n) is 7.16. The Morgan fingerprint density at radius 3 is 2.02 bits per heavy atom. The Hall–Kier alpha value is -4.25. The van der Waals surface area contributed by atoms with E-state index in [1.165, 1.54) is 37.3 Å². The third kappa shape index (κ3) is 8.19. The number of hydrogen-bond donors (Lipinski definition) is 1. The number of nitrogens with one attached hydrogen (secondary N) is 1. The lowest BCUT2D eigenvalue weighted by molar-refractivity contribution is -0.140. The first kappa shape index (κ1) is 33.3. The Morgan fingerprint density at radius 2 is 1.47 bits per heavy atom. The lowest BCUT2D eigenvalue weighted by atomic mass is 10.1. The maximum atomic E-state index is 14.3. The summed E-state index contributed by atoms with van der Waals surface area (Å²) in [6.45, 7) is 5.15. The summed E-state index contributed by atoms with van der Waals surface area (Å²) < 4.78 is 45.4. The van der Waals surface area contributed by atoms with Crippen LogP contribution in [0.3, 0.4) is 0 Å². The van der Waals surface area contributed by atoms with E-state index < -0.39 is 28.5 Å². The molecule has 0 aliphatic rings. The molecule has 1 N–H and O–H groups in total. The van der Waals surface area contributed by atoms with Crippen molar-refractivity contribution >= 4 is 27.5 Å². The number of hydrogen-bond acceptors (Lipinski definition) is 7. The van der Waals surface area contributed by atoms with Crippen molar-refractivity contribution in [2.45, 2.75) is 57.1 Å². The van der Waals surface area contributed by atoms with Gasteiger partial charge in [-0.15, -0.1) is 0 Å². The standard InChI is InChI=1S/C32H41N3O7S/c1-7-23(3)33-32(37)28(8-2)34(21-24-14-16-25(40-4)17-15-24)31(36)22-35(43(38,39)27-12-10-9-11-13-27)29-20-26(41-5)18-19-30(29)42-6/h9-20,23,28H,7-8,21-22H2,1-6H3,(H,33,37)/t23-,28+/m0/s1. The van der Waals surface area contributed by atoms with Crippen molar-refractivity contribution in [2.75, 3.05) is 32.2 Å². The summed E-state index contributed by atoms with van der Waals surface area (Å²) in [5.41, 5.74) is 0.876. The third-order valence-corrected chi connectivity index (χ3v) is 8.94. The molecule has 0 spiro atoms. The van der Waals surface area contributed by atoms with Crippen molar-refractivity contribution in [3.63, 3.8) is 0 Å². The molecule has 0 aliphatic carbocycles. The number of carbonyl (C=O) groups excluding carboxylic acids is 2. The van der Waals surface area contributed by atoms with E-state index in [0.717, 1.165) is 9.87 Å². The van der Waals surface area contributed by atoms with Crippen molar-refractivity contribution in [1.82, 2.24) is 10.2 Å². The minimum absolute atomic E-state index is 0.00377. The van der Waals surface area contributed by atoms with Crippen LogP contribution in [-0.2, 0) is 26.2 Å². The van der Waals surface area contributed by atoms with Gasteiger partial charge in [0.2, 0.25) is 11.8 Å². The van der Waals surface area contributed by atoms with Crippen LogP contribution in [0.2, 0.25) is 0 Å². The van der Waals surface area contributed by atoms with Crippen LogP contribution in [0.15, 0.2) is 77.7 Å². The van der Waals surface area contributed by atoms with E-state index in [9.17, 15) is 18.0 Å². The van der Waals surface area contributed by atoms with Gasteiger partial charge in [-0.2, -0.15) is 0 Å². The van der Waals surface area contributed by atoms with Gasteiger partial charge in [0.05, 0.1) is 31.9 Å². The number of carbonyl (C=O) groups is 2. The van der Waals surface area contributed by atoms with E-state index in [1.54, 1.807) is 49.6 Å². The second-order valence-electron chi connectivity index (χ2n) is 9.97. The molecule has 0 saturated carbocycles. The van der Waals surface area contributed by atoms with Gasteiger partial charge < -0.3 is 24.4 Å². The highest BCUT2D eigenvalue weighted by molar-refractivity contribution is 7.92. The zero-order valence-electron chi connectivity index (χ0n) is 25.6. The van der Waals surface area contributed by atoms with Crippen LogP contribution in [0.25, 0.3) is 0 Å². The van der Waals surface area contributed by atoms with Gasteiger partial charge in [0.1, 0.15) is 29.8 Å². The monoisotopic (exact) mass is 611 g/mol. The predicted molar refractivity (Wildman–Crippen MR) is 166 cm³/mol. The molecule has 0 radical (unpaired) electrons. The average molecular weight is 612 g/mol. The number of sulfonamides is 1. The highest BCUT2D eigenvalue weighted by Crippen LogP contribution is 2.36. The van der Waals surface area contributed by atoms with Crippen molar-refractivity contribution in [1.29, 1.82) is 0 Å². The number of rotatable bonds is 15. The number of nitrogens with zero attached hydrogens (tertiary/aromatic N) is 2. The van der Waals surface area contributed by atoms with Crippen LogP contribution in [0.4, 0.5) is 5.69 Å². The second-order valence-corrected chi connectivity index (χ2v) is 11.8. The van der Waals surface area contributed by atoms with Crippen LogP contribution in [-0.4, -0.2) is 65.1 Å². The summed E-state index contributed by atoms with van der Waals surface area (Å²) in [5.74, 6) is 0.386. The summed E-state index contributed by atoms with van der Waals surface area (Å²) in [6, 6.07) is 18.8. The second kappa shape index (κ2) is 15.3. The largest absolute Gasteiger partial charge is 0.497 e. The van der Waals surface area contributed by atoms with E-state index in [1.807, 2.05) is 32.9 Å². The maximum absolute atomic E-state index is 14.3. The molecule has 232 valence electrons. The Labute approximate surface area is 254 Å². The average Bonchev–Trinajstić information content (AvgIpc) is 3.03. The van der Waals surface area contributed by atoms with Gasteiger partial charge in [0, 0.05) is 18.7 Å². The Bertz CT molecular complexity index is 1460. The summed E-state index contributed by atoms with van der Waals surface area (Å²) in [5, 5.41) is 2.97. The zero-order valence-corrected chi connectivity index (χ0v) is 26.4. The van der Waals surface area contributed by atoms with Crippen molar-refractivity contribution in [3.8, 4) is 17.2 Å².